The molecule has 0 aliphatic heterocycles. The van der Waals surface area contributed by atoms with E-state index in [-0.39, 0.29) is 62.8 Å². The molecule has 0 bridgehead atoms. The van der Waals surface area contributed by atoms with Gasteiger partial charge in [-0.25, -0.2) is 0 Å². The van der Waals surface area contributed by atoms with E-state index in [1.54, 1.807) is 13.8 Å². The largest absolute Gasteiger partial charge is 0.480 e. The molecule has 0 aromatic heterocycles. The molecule has 10 heteroatoms. The van der Waals surface area contributed by atoms with Crippen LogP contribution in [-0.2, 0) is 35.7 Å². The number of carboxylic acid groups (broad SMARTS) is 1. The van der Waals surface area contributed by atoms with E-state index in [0.29, 0.717) is 6.61 Å². The Morgan fingerprint density at radius 1 is 1.39 bits per heavy atom. The summed E-state index contributed by atoms with van der Waals surface area (Å²) < 4.78 is 11.4. The van der Waals surface area contributed by atoms with Crippen LogP contribution in [0, 0.1) is 0 Å². The number of halogens is 1. The van der Waals surface area contributed by atoms with Gasteiger partial charge in [-0.15, -0.1) is 0 Å². The van der Waals surface area contributed by atoms with E-state index < -0.39 is 12.1 Å². The fraction of sp³-hybridized carbons (Fsp3) is 0.875. The number of aliphatic carboxylic acids is 1. The summed E-state index contributed by atoms with van der Waals surface area (Å²) >= 11 is 3.64. The van der Waals surface area contributed by atoms with Crippen LogP contribution in [0.1, 0.15) is 13.8 Å². The van der Waals surface area contributed by atoms with Crippen LogP contribution >= 0.6 is 11.9 Å². The first-order valence-corrected chi connectivity index (χ1v) is 4.77. The molecule has 0 radical (unpaired) electrons. The van der Waals surface area contributed by atoms with Gasteiger partial charge in [-0.1, -0.05) is 0 Å². The molecule has 0 aliphatic carbocycles. The topological polar surface area (TPSA) is 133 Å². The van der Waals surface area contributed by atoms with Crippen molar-refractivity contribution in [1.29, 1.82) is 0 Å². The molecule has 2 unspecified atom stereocenters. The van der Waals surface area contributed by atoms with E-state index in [1.807, 2.05) is 0 Å². The molecule has 0 amide bonds. The van der Waals surface area contributed by atoms with Gasteiger partial charge in [-0.2, -0.15) is 0 Å². The van der Waals surface area contributed by atoms with Crippen molar-refractivity contribution >= 4 is 35.2 Å². The first-order valence-electron chi connectivity index (χ1n) is 4.43. The molecule has 18 heavy (non-hydrogen) atoms. The normalized spacial score (nSPS) is 11.1. The molecular formula is C8H23AlClNO6Zr. The number of aliphatic hydroxyl groups excluding tert-OH is 2. The molecule has 2 atom stereocenters. The maximum absolute atomic E-state index is 9.24. The van der Waals surface area contributed by atoms with Gasteiger partial charge in [0, 0.05) is 26.2 Å². The molecule has 0 fully saturated rings. The van der Waals surface area contributed by atoms with E-state index >= 15 is 0 Å². The van der Waals surface area contributed by atoms with E-state index in [2.05, 4.69) is 17.6 Å². The molecule has 0 rings (SSSR count). The minimum atomic E-state index is -0.968. The smallest absolute Gasteiger partial charge is 0.317 e. The molecule has 110 valence electrons. The second kappa shape index (κ2) is 26.5. The van der Waals surface area contributed by atoms with Gasteiger partial charge in [0.2, 0.25) is 0 Å². The fourth-order valence-electron chi connectivity index (χ4n) is 0.356. The van der Waals surface area contributed by atoms with Crippen LogP contribution < -0.4 is 5.73 Å². The molecule has 0 heterocycles. The van der Waals surface area contributed by atoms with Gasteiger partial charge >= 0.3 is 5.97 Å². The summed E-state index contributed by atoms with van der Waals surface area (Å²) in [7, 11) is 0. The molecular weight excluding hydrogens is 360 g/mol. The van der Waals surface area contributed by atoms with Crippen molar-refractivity contribution < 1.29 is 55.7 Å². The number of carbonyl (C=O) groups is 1. The molecule has 0 saturated carbocycles. The van der Waals surface area contributed by atoms with E-state index in [4.69, 9.17) is 24.7 Å². The maximum atomic E-state index is 9.24. The second-order valence-corrected chi connectivity index (χ2v) is 2.77. The Balaban J connectivity index is -0.0000000546. The summed E-state index contributed by atoms with van der Waals surface area (Å²) in [6.07, 6.45) is -0.612. The third-order valence-electron chi connectivity index (χ3n) is 1.05. The standard InChI is InChI=1S/C6H14O3.C2H5NO2.Al.ClHO.Zr.3H/c1-5(8)4-9-6(2)3-7;3-1-2(4)5;;1-2;;;;/h5-8H,3-4H2,1-2H3;1,3H2,(H,4,5);;2H;;;;. The van der Waals surface area contributed by atoms with Crippen molar-refractivity contribution in [2.45, 2.75) is 26.1 Å². The van der Waals surface area contributed by atoms with Gasteiger partial charge in [0.25, 0.3) is 0 Å². The third-order valence-corrected chi connectivity index (χ3v) is 1.05. The van der Waals surface area contributed by atoms with Crippen LogP contribution in [0.5, 0.6) is 0 Å². The quantitative estimate of drug-likeness (QED) is 0.339. The predicted octanol–water partition coefficient (Wildman–Crippen LogP) is -2.26. The molecule has 0 aliphatic rings. The van der Waals surface area contributed by atoms with Gasteiger partial charge < -0.3 is 25.8 Å². The number of hydrogen-bond donors (Lipinski definition) is 5. The van der Waals surface area contributed by atoms with Gasteiger partial charge in [0.15, 0.2) is 17.4 Å². The Morgan fingerprint density at radius 3 is 1.89 bits per heavy atom. The van der Waals surface area contributed by atoms with E-state index in [9.17, 15) is 4.79 Å². The number of nitrogens with two attached hydrogens (primary N) is 1. The second-order valence-electron chi connectivity index (χ2n) is 2.77. The molecule has 0 spiro atoms. The molecule has 0 aromatic rings. The SMILES string of the molecule is CC(O)COC(C)CO.NCC(=O)O.OCl.[AlH3].[Zr]. The maximum Gasteiger partial charge on any atom is 0.317 e. The Morgan fingerprint density at radius 2 is 1.72 bits per heavy atom. The summed E-state index contributed by atoms with van der Waals surface area (Å²) in [5.74, 6) is -0.968. The zero-order chi connectivity index (χ0) is 13.6. The van der Waals surface area contributed by atoms with Gasteiger partial charge in [0.05, 0.1) is 43.8 Å². The van der Waals surface area contributed by atoms with Gasteiger partial charge in [-0.05, 0) is 13.8 Å². The Bertz CT molecular complexity index is 158. The summed E-state index contributed by atoms with van der Waals surface area (Å²) in [6, 6.07) is 0. The first-order chi connectivity index (χ1) is 7.43. The summed E-state index contributed by atoms with van der Waals surface area (Å²) in [4.78, 5) is 9.24. The van der Waals surface area contributed by atoms with Gasteiger partial charge in [-0.3, -0.25) is 9.45 Å². The van der Waals surface area contributed by atoms with Crippen LogP contribution in [0.2, 0.25) is 0 Å². The zero-order valence-electron chi connectivity index (χ0n) is 9.84. The number of aliphatic hydroxyl groups is 2. The number of rotatable bonds is 5. The average Bonchev–Trinajstić information content (AvgIpc) is 2.29. The van der Waals surface area contributed by atoms with Crippen LogP contribution in [0.15, 0.2) is 0 Å². The number of hydrogen-bond acceptors (Lipinski definition) is 6. The van der Waals surface area contributed by atoms with Crippen LogP contribution in [0.25, 0.3) is 0 Å². The van der Waals surface area contributed by atoms with E-state index in [0.717, 1.165) is 0 Å². The Hall–Kier alpha value is 0.976. The predicted molar refractivity (Wildman–Crippen MR) is 68.9 cm³/mol. The minimum absolute atomic E-state index is 0. The van der Waals surface area contributed by atoms with Crippen molar-refractivity contribution in [2.75, 3.05) is 19.8 Å². The third kappa shape index (κ3) is 43.5. The van der Waals surface area contributed by atoms with Crippen molar-refractivity contribution in [1.82, 2.24) is 0 Å². The Kier molecular flexibility index (Phi) is 46.3. The molecule has 0 aromatic carbocycles. The van der Waals surface area contributed by atoms with Crippen LogP contribution in [0.3, 0.4) is 0 Å². The zero-order valence-corrected chi connectivity index (χ0v) is 13.1. The number of carboxylic acids is 1. The summed E-state index contributed by atoms with van der Waals surface area (Å²) in [5.41, 5.74) is 4.57. The summed E-state index contributed by atoms with van der Waals surface area (Å²) in [5, 5.41) is 24.7. The van der Waals surface area contributed by atoms with Crippen LogP contribution in [0.4, 0.5) is 0 Å². The Labute approximate surface area is 142 Å². The van der Waals surface area contributed by atoms with Crippen molar-refractivity contribution in [3.63, 3.8) is 0 Å². The van der Waals surface area contributed by atoms with Crippen molar-refractivity contribution in [2.24, 2.45) is 5.73 Å². The average molecular weight is 383 g/mol. The molecule has 7 nitrogen and oxygen atoms in total. The monoisotopic (exact) mass is 381 g/mol. The van der Waals surface area contributed by atoms with Crippen molar-refractivity contribution in [3.05, 3.63) is 0 Å². The molecule has 6 N–H and O–H groups in total. The van der Waals surface area contributed by atoms with Crippen LogP contribution in [-0.4, -0.2) is 75.3 Å². The fourth-order valence-corrected chi connectivity index (χ4v) is 0.356. The number of ether oxygens (including phenoxy) is 1. The van der Waals surface area contributed by atoms with Gasteiger partial charge in [0.1, 0.15) is 0 Å². The summed E-state index contributed by atoms with van der Waals surface area (Å²) in [6.45, 7) is 3.42. The minimum Gasteiger partial charge on any atom is -0.480 e. The first kappa shape index (κ1) is 31.4. The van der Waals surface area contributed by atoms with Crippen molar-refractivity contribution in [3.8, 4) is 0 Å². The molecule has 0 saturated heterocycles. The van der Waals surface area contributed by atoms with E-state index in [1.165, 1.54) is 0 Å².